The Kier molecular flexibility index (Phi) is 4.27. The summed E-state index contributed by atoms with van der Waals surface area (Å²) in [4.78, 5) is 22.9. The largest absolute Gasteiger partial charge is 0.481 e. The highest BCUT2D eigenvalue weighted by atomic mass is 16.4. The molecule has 1 aliphatic rings. The summed E-state index contributed by atoms with van der Waals surface area (Å²) in [5.41, 5.74) is 0.651. The van der Waals surface area contributed by atoms with Crippen LogP contribution in [-0.2, 0) is 4.79 Å². The van der Waals surface area contributed by atoms with E-state index in [0.29, 0.717) is 0 Å². The molecule has 1 saturated carbocycles. The molecule has 0 aliphatic heterocycles. The molecular weight excluding hydrogens is 256 g/mol. The lowest BCUT2D eigenvalue weighted by molar-refractivity contribution is -0.137. The Bertz CT molecular complexity index is 483. The maximum absolute atomic E-state index is 12.0. The highest BCUT2D eigenvalue weighted by Gasteiger charge is 2.33. The van der Waals surface area contributed by atoms with E-state index in [1.165, 1.54) is 0 Å². The number of benzene rings is 1. The first kappa shape index (κ1) is 14.4. The van der Waals surface area contributed by atoms with Gasteiger partial charge < -0.3 is 15.7 Å². The van der Waals surface area contributed by atoms with Gasteiger partial charge in [0.1, 0.15) is 0 Å². The molecule has 1 aliphatic carbocycles. The maximum atomic E-state index is 12.0. The number of carboxylic acid groups (broad SMARTS) is 1. The summed E-state index contributed by atoms with van der Waals surface area (Å²) in [5.74, 6) is -0.936. The Morgan fingerprint density at radius 1 is 1.30 bits per heavy atom. The number of carbonyl (C=O) groups excluding carboxylic acids is 1. The summed E-state index contributed by atoms with van der Waals surface area (Å²) in [7, 11) is 0. The molecule has 2 rings (SSSR count). The van der Waals surface area contributed by atoms with Crippen molar-refractivity contribution in [3.8, 4) is 0 Å². The van der Waals surface area contributed by atoms with E-state index in [1.54, 1.807) is 0 Å². The number of urea groups is 1. The molecule has 0 heterocycles. The molecule has 0 aromatic heterocycles. The Labute approximate surface area is 118 Å². The van der Waals surface area contributed by atoms with Crippen LogP contribution in [0.15, 0.2) is 30.3 Å². The number of hydrogen-bond acceptors (Lipinski definition) is 2. The minimum atomic E-state index is -0.936. The molecule has 1 unspecified atom stereocenters. The zero-order valence-electron chi connectivity index (χ0n) is 11.6. The second kappa shape index (κ2) is 5.94. The molecule has 5 heteroatoms. The van der Waals surface area contributed by atoms with Crippen LogP contribution in [0.1, 0.15) is 44.2 Å². The predicted molar refractivity (Wildman–Crippen MR) is 75.4 cm³/mol. The summed E-state index contributed by atoms with van der Waals surface area (Å²) >= 11 is 0. The number of rotatable bonds is 5. The van der Waals surface area contributed by atoms with E-state index in [2.05, 4.69) is 10.6 Å². The zero-order chi connectivity index (χ0) is 14.6. The lowest BCUT2D eigenvalue weighted by atomic mass is 9.79. The van der Waals surface area contributed by atoms with Crippen molar-refractivity contribution in [2.45, 2.75) is 44.2 Å². The van der Waals surface area contributed by atoms with E-state index >= 15 is 0 Å². The average Bonchev–Trinajstić information content (AvgIpc) is 2.36. The van der Waals surface area contributed by atoms with E-state index < -0.39 is 12.0 Å². The Morgan fingerprint density at radius 3 is 2.45 bits per heavy atom. The Balaban J connectivity index is 2.00. The second-order valence-corrected chi connectivity index (χ2v) is 5.57. The normalized spacial score (nSPS) is 17.6. The highest BCUT2D eigenvalue weighted by molar-refractivity contribution is 5.77. The first-order valence-electron chi connectivity index (χ1n) is 6.84. The van der Waals surface area contributed by atoms with Crippen molar-refractivity contribution in [3.63, 3.8) is 0 Å². The number of aliphatic carboxylic acids is 1. The smallest absolute Gasteiger partial charge is 0.315 e. The first-order valence-corrected chi connectivity index (χ1v) is 6.84. The van der Waals surface area contributed by atoms with Crippen LogP contribution in [-0.4, -0.2) is 22.6 Å². The van der Waals surface area contributed by atoms with Gasteiger partial charge in [0.25, 0.3) is 0 Å². The molecule has 1 aromatic carbocycles. The predicted octanol–water partition coefficient (Wildman–Crippen LogP) is 2.44. The van der Waals surface area contributed by atoms with Gasteiger partial charge in [-0.05, 0) is 31.7 Å². The summed E-state index contributed by atoms with van der Waals surface area (Å²) in [6, 6.07) is 8.34. The molecule has 0 spiro atoms. The van der Waals surface area contributed by atoms with E-state index in [-0.39, 0.29) is 18.0 Å². The van der Waals surface area contributed by atoms with Crippen LogP contribution in [0, 0.1) is 0 Å². The van der Waals surface area contributed by atoms with Crippen LogP contribution in [0.25, 0.3) is 0 Å². The van der Waals surface area contributed by atoms with Crippen LogP contribution in [0.4, 0.5) is 4.79 Å². The molecule has 3 N–H and O–H groups in total. The topological polar surface area (TPSA) is 78.4 Å². The molecule has 5 nitrogen and oxygen atoms in total. The highest BCUT2D eigenvalue weighted by Crippen LogP contribution is 2.30. The number of amides is 2. The molecule has 2 amide bonds. The number of nitrogens with one attached hydrogen (secondary N) is 2. The van der Waals surface area contributed by atoms with Gasteiger partial charge in [-0.25, -0.2) is 4.79 Å². The van der Waals surface area contributed by atoms with Crippen LogP contribution in [0.3, 0.4) is 0 Å². The molecule has 0 saturated heterocycles. The van der Waals surface area contributed by atoms with Gasteiger partial charge in [-0.15, -0.1) is 0 Å². The van der Waals surface area contributed by atoms with E-state index in [9.17, 15) is 9.59 Å². The fraction of sp³-hybridized carbons (Fsp3) is 0.467. The van der Waals surface area contributed by atoms with Gasteiger partial charge in [0.2, 0.25) is 0 Å². The molecule has 0 radical (unpaired) electrons. The molecular formula is C15H20N2O3. The third-order valence-corrected chi connectivity index (χ3v) is 3.76. The fourth-order valence-corrected chi connectivity index (χ4v) is 2.41. The van der Waals surface area contributed by atoms with Crippen molar-refractivity contribution in [2.24, 2.45) is 0 Å². The summed E-state index contributed by atoms with van der Waals surface area (Å²) in [6.07, 6.45) is 2.92. The van der Waals surface area contributed by atoms with Crippen LogP contribution >= 0.6 is 0 Å². The van der Waals surface area contributed by atoms with Crippen molar-refractivity contribution < 1.29 is 14.7 Å². The Morgan fingerprint density at radius 2 is 1.95 bits per heavy atom. The van der Waals surface area contributed by atoms with Crippen molar-refractivity contribution in [1.29, 1.82) is 0 Å². The molecule has 1 fully saturated rings. The van der Waals surface area contributed by atoms with Gasteiger partial charge in [0, 0.05) is 5.54 Å². The van der Waals surface area contributed by atoms with Crippen LogP contribution in [0.5, 0.6) is 0 Å². The molecule has 1 aromatic rings. The van der Waals surface area contributed by atoms with Gasteiger partial charge in [-0.2, -0.15) is 0 Å². The van der Waals surface area contributed by atoms with Crippen molar-refractivity contribution in [2.75, 3.05) is 0 Å². The quantitative estimate of drug-likeness (QED) is 0.773. The van der Waals surface area contributed by atoms with Gasteiger partial charge in [-0.3, -0.25) is 4.79 Å². The monoisotopic (exact) mass is 276 g/mol. The third-order valence-electron chi connectivity index (χ3n) is 3.76. The Hall–Kier alpha value is -2.04. The second-order valence-electron chi connectivity index (χ2n) is 5.57. The summed E-state index contributed by atoms with van der Waals surface area (Å²) < 4.78 is 0. The van der Waals surface area contributed by atoms with E-state index in [0.717, 1.165) is 24.8 Å². The molecule has 20 heavy (non-hydrogen) atoms. The minimum Gasteiger partial charge on any atom is -0.481 e. The molecule has 1 atom stereocenters. The van der Waals surface area contributed by atoms with Gasteiger partial charge in [0.15, 0.2) is 0 Å². The first-order chi connectivity index (χ1) is 9.48. The van der Waals surface area contributed by atoms with Crippen LogP contribution < -0.4 is 10.6 Å². The van der Waals surface area contributed by atoms with Gasteiger partial charge in [0.05, 0.1) is 12.5 Å². The average molecular weight is 276 g/mol. The van der Waals surface area contributed by atoms with E-state index in [1.807, 2.05) is 37.3 Å². The number of carboxylic acids is 1. The zero-order valence-corrected chi connectivity index (χ0v) is 11.6. The lowest BCUT2D eigenvalue weighted by Crippen LogP contribution is -2.54. The standard InChI is InChI=1S/C15H20N2O3/c1-15(8-5-9-15)17-14(20)16-12(10-13(18)19)11-6-3-2-4-7-11/h2-4,6-7,12H,5,8-10H2,1H3,(H,18,19)(H2,16,17,20). The van der Waals surface area contributed by atoms with Crippen LogP contribution in [0.2, 0.25) is 0 Å². The van der Waals surface area contributed by atoms with E-state index in [4.69, 9.17) is 5.11 Å². The number of carbonyl (C=O) groups is 2. The molecule has 0 bridgehead atoms. The minimum absolute atomic E-state index is 0.131. The SMILES string of the molecule is CC1(NC(=O)NC(CC(=O)O)c2ccccc2)CCC1. The van der Waals surface area contributed by atoms with Crippen molar-refractivity contribution >= 4 is 12.0 Å². The summed E-state index contributed by atoms with van der Waals surface area (Å²) in [6.45, 7) is 2.00. The lowest BCUT2D eigenvalue weighted by Gasteiger charge is -2.39. The maximum Gasteiger partial charge on any atom is 0.315 e. The fourth-order valence-electron chi connectivity index (χ4n) is 2.41. The molecule has 108 valence electrons. The van der Waals surface area contributed by atoms with Crippen molar-refractivity contribution in [1.82, 2.24) is 10.6 Å². The summed E-state index contributed by atoms with van der Waals surface area (Å²) in [5, 5.41) is 14.7. The number of hydrogen-bond donors (Lipinski definition) is 3. The third kappa shape index (κ3) is 3.73. The van der Waals surface area contributed by atoms with Gasteiger partial charge >= 0.3 is 12.0 Å². The van der Waals surface area contributed by atoms with Gasteiger partial charge in [-0.1, -0.05) is 30.3 Å². The van der Waals surface area contributed by atoms with Crippen molar-refractivity contribution in [3.05, 3.63) is 35.9 Å².